The third-order valence-corrected chi connectivity index (χ3v) is 12.8. The Morgan fingerprint density at radius 3 is 1.92 bits per heavy atom. The van der Waals surface area contributed by atoms with E-state index in [0.29, 0.717) is 45.4 Å². The number of nitrogens with two attached hydrogens (primary N) is 1. The molecule has 3 N–H and O–H groups in total. The van der Waals surface area contributed by atoms with E-state index < -0.39 is 11.2 Å². The number of carbonyl (C=O) groups excluding carboxylic acids is 3. The molecule has 61 heavy (non-hydrogen) atoms. The third kappa shape index (κ3) is 15.3. The van der Waals surface area contributed by atoms with Crippen molar-refractivity contribution in [3.05, 3.63) is 60.8 Å². The molecule has 13 nitrogen and oxygen atoms in total. The molecule has 0 atom stereocenters. The van der Waals surface area contributed by atoms with Crippen LogP contribution in [-0.2, 0) is 38.4 Å². The molecule has 3 aliphatic rings. The lowest BCUT2D eigenvalue weighted by molar-refractivity contribution is -0.121. The van der Waals surface area contributed by atoms with Gasteiger partial charge in [-0.2, -0.15) is 5.26 Å². The highest BCUT2D eigenvalue weighted by molar-refractivity contribution is 9.10. The van der Waals surface area contributed by atoms with Crippen LogP contribution in [0.5, 0.6) is 0 Å². The SMILES string of the molecule is C.C1COCCN1.CC(C)(C)OC(=O)N1CCC(=O)CC1.CC(C)(C)OC(=O)N1CCc2c(sc(N)c2-c2nc3ccc(Br)cc3s2)C1.N#CCc1nc2ccc(Br)cc2s1. The van der Waals surface area contributed by atoms with Gasteiger partial charge in [0.05, 0.1) is 57.7 Å². The molecule has 0 aliphatic carbocycles. The molecule has 2 amide bonds. The first-order valence-corrected chi connectivity index (χ1v) is 23.6. The van der Waals surface area contributed by atoms with Gasteiger partial charge in [0, 0.05) is 65.0 Å². The largest absolute Gasteiger partial charge is 0.444 e. The Kier molecular flexibility index (Phi) is 18.5. The number of morpholine rings is 1. The second-order valence-corrected chi connectivity index (χ2v) is 21.1. The van der Waals surface area contributed by atoms with Crippen LogP contribution in [0, 0.1) is 11.3 Å². The molecule has 2 fully saturated rings. The van der Waals surface area contributed by atoms with Crippen LogP contribution in [0.2, 0.25) is 0 Å². The Labute approximate surface area is 387 Å². The molecule has 3 aliphatic heterocycles. The number of aromatic nitrogens is 2. The third-order valence-electron chi connectivity index (χ3n) is 8.74. The van der Waals surface area contributed by atoms with Gasteiger partial charge >= 0.3 is 12.2 Å². The Morgan fingerprint density at radius 2 is 1.39 bits per heavy atom. The van der Waals surface area contributed by atoms with Gasteiger partial charge in [-0.3, -0.25) is 4.79 Å². The van der Waals surface area contributed by atoms with Crippen LogP contribution < -0.4 is 11.1 Å². The summed E-state index contributed by atoms with van der Waals surface area (Å²) in [5, 5.41) is 14.3. The molecule has 8 rings (SSSR count). The zero-order valence-electron chi connectivity index (χ0n) is 34.7. The highest BCUT2D eigenvalue weighted by Gasteiger charge is 2.30. The van der Waals surface area contributed by atoms with Crippen LogP contribution in [0.25, 0.3) is 31.0 Å². The first-order chi connectivity index (χ1) is 28.4. The maximum Gasteiger partial charge on any atom is 0.410 e. The van der Waals surface area contributed by atoms with Gasteiger partial charge in [-0.1, -0.05) is 39.3 Å². The molecular weight excluding hydrogens is 967 g/mol. The zero-order chi connectivity index (χ0) is 43.6. The topological polar surface area (TPSA) is 173 Å². The van der Waals surface area contributed by atoms with E-state index in [1.807, 2.05) is 71.9 Å². The van der Waals surface area contributed by atoms with Crippen LogP contribution in [0.1, 0.15) is 77.3 Å². The number of carbonyl (C=O) groups is 3. The van der Waals surface area contributed by atoms with E-state index in [2.05, 4.69) is 54.3 Å². The average molecular weight is 1020 g/mol. The summed E-state index contributed by atoms with van der Waals surface area (Å²) in [6, 6.07) is 14.1. The Morgan fingerprint density at radius 1 is 0.852 bits per heavy atom. The van der Waals surface area contributed by atoms with Crippen LogP contribution in [-0.4, -0.2) is 94.9 Å². The number of likely N-dealkylation sites (tertiary alicyclic amines) is 1. The minimum Gasteiger partial charge on any atom is -0.444 e. The normalized spacial score (nSPS) is 15.1. The van der Waals surface area contributed by atoms with Crippen molar-refractivity contribution in [2.75, 3.05) is 51.7 Å². The number of nitrogen functional groups attached to an aromatic ring is 1. The van der Waals surface area contributed by atoms with Crippen molar-refractivity contribution in [1.29, 1.82) is 5.26 Å². The number of hydrogen-bond donors (Lipinski definition) is 2. The molecule has 6 heterocycles. The van der Waals surface area contributed by atoms with Crippen molar-refractivity contribution >= 4 is 109 Å². The van der Waals surface area contributed by atoms with Crippen molar-refractivity contribution in [2.24, 2.45) is 0 Å². The molecule has 330 valence electrons. The number of Topliss-reactive ketones (excluding diaryl/α,β-unsaturated/α-hetero) is 1. The summed E-state index contributed by atoms with van der Waals surface area (Å²) in [4.78, 5) is 48.4. The van der Waals surface area contributed by atoms with E-state index in [0.717, 1.165) is 87.6 Å². The number of thiophene rings is 1. The monoisotopic (exact) mass is 1020 g/mol. The second kappa shape index (κ2) is 22.6. The van der Waals surface area contributed by atoms with Crippen molar-refractivity contribution in [1.82, 2.24) is 25.1 Å². The number of fused-ring (bicyclic) bond motifs is 3. The van der Waals surface area contributed by atoms with E-state index in [1.54, 1.807) is 43.8 Å². The summed E-state index contributed by atoms with van der Waals surface area (Å²) >= 11 is 11.7. The Balaban J connectivity index is 0.000000202. The number of nitrogens with zero attached hydrogens (tertiary/aromatic N) is 5. The molecule has 2 aromatic carbocycles. The first-order valence-electron chi connectivity index (χ1n) is 19.5. The lowest BCUT2D eigenvalue weighted by atomic mass is 10.0. The number of ketones is 1. The molecule has 0 bridgehead atoms. The minimum absolute atomic E-state index is 0. The Hall–Kier alpha value is -3.70. The van der Waals surface area contributed by atoms with Gasteiger partial charge in [-0.05, 0) is 89.9 Å². The zero-order valence-corrected chi connectivity index (χ0v) is 40.3. The van der Waals surface area contributed by atoms with Gasteiger partial charge < -0.3 is 35.1 Å². The van der Waals surface area contributed by atoms with Gasteiger partial charge in [-0.25, -0.2) is 19.6 Å². The molecule has 0 radical (unpaired) electrons. The number of ether oxygens (including phenoxy) is 3. The van der Waals surface area contributed by atoms with E-state index >= 15 is 0 Å². The van der Waals surface area contributed by atoms with Crippen LogP contribution >= 0.6 is 65.9 Å². The summed E-state index contributed by atoms with van der Waals surface area (Å²) in [7, 11) is 0. The summed E-state index contributed by atoms with van der Waals surface area (Å²) < 4.78 is 20.0. The van der Waals surface area contributed by atoms with Crippen LogP contribution in [0.3, 0.4) is 0 Å². The number of anilines is 1. The Bertz CT molecular complexity index is 2300. The minimum atomic E-state index is -0.494. The fraction of sp³-hybridized carbons (Fsp3) is 0.488. The quantitative estimate of drug-likeness (QED) is 0.172. The first kappa shape index (κ1) is 50.0. The molecule has 3 aromatic heterocycles. The smallest absolute Gasteiger partial charge is 0.410 e. The van der Waals surface area contributed by atoms with Crippen LogP contribution in [0.4, 0.5) is 14.6 Å². The van der Waals surface area contributed by atoms with Crippen LogP contribution in [0.15, 0.2) is 45.3 Å². The summed E-state index contributed by atoms with van der Waals surface area (Å²) in [5.41, 5.74) is 9.62. The number of nitriles is 1. The highest BCUT2D eigenvalue weighted by atomic mass is 79.9. The number of piperidine rings is 1. The summed E-state index contributed by atoms with van der Waals surface area (Å²) in [5.74, 6) is 0.227. The fourth-order valence-corrected chi connectivity index (χ4v) is 10.3. The number of rotatable bonds is 2. The van der Waals surface area contributed by atoms with Crippen molar-refractivity contribution in [2.45, 2.75) is 92.4 Å². The number of hydrogen-bond acceptors (Lipinski definition) is 14. The molecule has 0 spiro atoms. The maximum absolute atomic E-state index is 12.4. The fourth-order valence-electron chi connectivity index (χ4n) is 6.02. The maximum atomic E-state index is 12.4. The number of benzene rings is 2. The number of thiazole rings is 2. The van der Waals surface area contributed by atoms with Gasteiger partial charge in [0.2, 0.25) is 0 Å². The van der Waals surface area contributed by atoms with Gasteiger partial charge in [-0.15, -0.1) is 34.0 Å². The lowest BCUT2D eigenvalue weighted by Crippen LogP contribution is -2.41. The van der Waals surface area contributed by atoms with Crippen molar-refractivity contribution < 1.29 is 28.6 Å². The van der Waals surface area contributed by atoms with Crippen molar-refractivity contribution in [3.8, 4) is 16.6 Å². The predicted octanol–water partition coefficient (Wildman–Crippen LogP) is 10.6. The molecule has 0 saturated carbocycles. The van der Waals surface area contributed by atoms with Crippen molar-refractivity contribution in [3.63, 3.8) is 0 Å². The number of halogens is 2. The number of nitrogens with one attached hydrogen (secondary N) is 1. The average Bonchev–Trinajstić information content (AvgIpc) is 3.88. The van der Waals surface area contributed by atoms with Gasteiger partial charge in [0.15, 0.2) is 0 Å². The summed E-state index contributed by atoms with van der Waals surface area (Å²) in [6.07, 6.45) is 1.49. The van der Waals surface area contributed by atoms with Gasteiger partial charge in [0.25, 0.3) is 0 Å². The lowest BCUT2D eigenvalue weighted by Gasteiger charge is -2.30. The molecule has 2 saturated heterocycles. The van der Waals surface area contributed by atoms with E-state index in [9.17, 15) is 14.4 Å². The van der Waals surface area contributed by atoms with E-state index in [1.165, 1.54) is 5.56 Å². The second-order valence-electron chi connectivity index (χ2n) is 15.9. The molecule has 18 heteroatoms. The molecule has 5 aromatic rings. The standard InChI is InChI=1S/C19H20BrN3O2S2.C10H17NO3.C9H5BrN2S.C4H9NO.CH4/c1-19(2,3)25-18(24)23-7-6-11-14(9-23)26-16(21)15(11)17-22-12-5-4-10(20)8-13(12)27-17;1-10(2,3)14-9(13)11-6-4-8(12)5-7-11;10-6-1-2-7-8(5-6)13-9(12-7)3-4-11;1-3-6-4-2-5-1;/h4-5,8H,6-7,9,21H2,1-3H3;4-7H2,1-3H3;1-2,5H,3H2;5H,1-4H2;1H4. The molecular formula is C43H55Br2N7O6S3. The highest BCUT2D eigenvalue weighted by Crippen LogP contribution is 2.44. The summed E-state index contributed by atoms with van der Waals surface area (Å²) in [6.45, 7) is 17.1. The predicted molar refractivity (Wildman–Crippen MR) is 254 cm³/mol. The number of amides is 2. The van der Waals surface area contributed by atoms with E-state index in [4.69, 9.17) is 30.2 Å². The molecule has 0 unspecified atom stereocenters. The van der Waals surface area contributed by atoms with Gasteiger partial charge in [0.1, 0.15) is 27.0 Å². The van der Waals surface area contributed by atoms with E-state index in [-0.39, 0.29) is 25.4 Å².